The maximum absolute atomic E-state index is 12.6. The predicted molar refractivity (Wildman–Crippen MR) is 129 cm³/mol. The highest BCUT2D eigenvalue weighted by molar-refractivity contribution is 7.13. The van der Waals surface area contributed by atoms with Crippen LogP contribution >= 0.6 is 11.3 Å². The highest BCUT2D eigenvalue weighted by Crippen LogP contribution is 2.28. The summed E-state index contributed by atoms with van der Waals surface area (Å²) < 4.78 is 11.2. The normalized spacial score (nSPS) is 14.2. The van der Waals surface area contributed by atoms with Gasteiger partial charge in [0.2, 0.25) is 17.6 Å². The standard InChI is InChI=1S/C25H30N4O4S/c1-2-19(18-9-3-4-10-20(18)32-17-24(31)29-14-5-6-15-29)26-22(30)12-7-13-23-27-25(28-33-23)21-11-8-16-34-21/h3-4,8-11,16,19H,2,5-7,12-15,17H2,1H3,(H,26,30). The van der Waals surface area contributed by atoms with Gasteiger partial charge in [-0.05, 0) is 43.2 Å². The fraction of sp³-hybridized carbons (Fsp3) is 0.440. The number of thiophene rings is 1. The second-order valence-electron chi connectivity index (χ2n) is 8.29. The monoisotopic (exact) mass is 482 g/mol. The van der Waals surface area contributed by atoms with Crippen molar-refractivity contribution in [3.05, 3.63) is 53.2 Å². The second kappa shape index (κ2) is 11.8. The van der Waals surface area contributed by atoms with Crippen molar-refractivity contribution in [3.63, 3.8) is 0 Å². The summed E-state index contributed by atoms with van der Waals surface area (Å²) in [6, 6.07) is 11.3. The molecule has 0 bridgehead atoms. The summed E-state index contributed by atoms with van der Waals surface area (Å²) in [5.41, 5.74) is 0.880. The molecule has 0 spiro atoms. The third-order valence-electron chi connectivity index (χ3n) is 5.85. The lowest BCUT2D eigenvalue weighted by atomic mass is 10.0. The number of likely N-dealkylation sites (tertiary alicyclic amines) is 1. The molecule has 1 aromatic carbocycles. The molecule has 0 radical (unpaired) electrons. The van der Waals surface area contributed by atoms with Gasteiger partial charge in [-0.15, -0.1) is 11.3 Å². The van der Waals surface area contributed by atoms with Gasteiger partial charge in [-0.3, -0.25) is 9.59 Å². The number of aromatic nitrogens is 2. The van der Waals surface area contributed by atoms with E-state index in [2.05, 4.69) is 15.5 Å². The van der Waals surface area contributed by atoms with E-state index in [-0.39, 0.29) is 24.5 Å². The van der Waals surface area contributed by atoms with Gasteiger partial charge in [0.1, 0.15) is 5.75 Å². The first-order valence-electron chi connectivity index (χ1n) is 11.8. The number of carbonyl (C=O) groups excluding carboxylic acids is 2. The van der Waals surface area contributed by atoms with Gasteiger partial charge < -0.3 is 19.5 Å². The lowest BCUT2D eigenvalue weighted by Crippen LogP contribution is -2.32. The Balaban J connectivity index is 1.27. The van der Waals surface area contributed by atoms with E-state index in [1.165, 1.54) is 0 Å². The largest absolute Gasteiger partial charge is 0.483 e. The van der Waals surface area contributed by atoms with Gasteiger partial charge in [0.25, 0.3) is 5.91 Å². The number of ether oxygens (including phenoxy) is 1. The highest BCUT2D eigenvalue weighted by atomic mass is 32.1. The Morgan fingerprint density at radius 3 is 2.79 bits per heavy atom. The van der Waals surface area contributed by atoms with Gasteiger partial charge in [-0.1, -0.05) is 36.3 Å². The summed E-state index contributed by atoms with van der Waals surface area (Å²) in [7, 11) is 0. The third kappa shape index (κ3) is 6.22. The summed E-state index contributed by atoms with van der Waals surface area (Å²) in [6.45, 7) is 3.63. The molecule has 1 aliphatic rings. The van der Waals surface area contributed by atoms with Gasteiger partial charge in [-0.25, -0.2) is 0 Å². The van der Waals surface area contributed by atoms with Crippen LogP contribution in [-0.4, -0.2) is 46.6 Å². The average molecular weight is 483 g/mol. The first-order chi connectivity index (χ1) is 16.6. The minimum absolute atomic E-state index is 0.00708. The molecule has 9 heteroatoms. The maximum atomic E-state index is 12.6. The number of hydrogen-bond acceptors (Lipinski definition) is 7. The van der Waals surface area contributed by atoms with Gasteiger partial charge in [0.15, 0.2) is 6.61 Å². The first-order valence-corrected chi connectivity index (χ1v) is 12.7. The van der Waals surface area contributed by atoms with Crippen molar-refractivity contribution >= 4 is 23.2 Å². The highest BCUT2D eigenvalue weighted by Gasteiger charge is 2.21. The van der Waals surface area contributed by atoms with Gasteiger partial charge in [-0.2, -0.15) is 4.98 Å². The van der Waals surface area contributed by atoms with Crippen molar-refractivity contribution in [1.29, 1.82) is 0 Å². The molecule has 0 saturated carbocycles. The van der Waals surface area contributed by atoms with Crippen LogP contribution in [0, 0.1) is 0 Å². The molecule has 34 heavy (non-hydrogen) atoms. The van der Waals surface area contributed by atoms with E-state index >= 15 is 0 Å². The van der Waals surface area contributed by atoms with Crippen LogP contribution in [0.1, 0.15) is 56.5 Å². The van der Waals surface area contributed by atoms with Crippen LogP contribution in [0.5, 0.6) is 5.75 Å². The lowest BCUT2D eigenvalue weighted by molar-refractivity contribution is -0.132. The molecule has 1 fully saturated rings. The van der Waals surface area contributed by atoms with Crippen LogP contribution in [0.15, 0.2) is 46.3 Å². The number of amides is 2. The number of nitrogens with one attached hydrogen (secondary N) is 1. The fourth-order valence-corrected chi connectivity index (χ4v) is 4.68. The number of nitrogens with zero attached hydrogens (tertiary/aromatic N) is 3. The molecule has 1 N–H and O–H groups in total. The van der Waals surface area contributed by atoms with Crippen molar-refractivity contribution in [1.82, 2.24) is 20.4 Å². The molecule has 4 rings (SSSR count). The Labute approximate surface area is 203 Å². The Hall–Kier alpha value is -3.20. The zero-order valence-corrected chi connectivity index (χ0v) is 20.2. The van der Waals surface area contributed by atoms with Gasteiger partial charge >= 0.3 is 0 Å². The zero-order chi connectivity index (χ0) is 23.8. The van der Waals surface area contributed by atoms with Crippen molar-refractivity contribution in [2.24, 2.45) is 0 Å². The fourth-order valence-electron chi connectivity index (χ4n) is 4.03. The molecule has 1 saturated heterocycles. The average Bonchev–Trinajstić information content (AvgIpc) is 3.63. The Morgan fingerprint density at radius 1 is 1.21 bits per heavy atom. The van der Waals surface area contributed by atoms with E-state index < -0.39 is 0 Å². The van der Waals surface area contributed by atoms with Gasteiger partial charge in [0.05, 0.1) is 10.9 Å². The van der Waals surface area contributed by atoms with E-state index in [0.717, 1.165) is 36.4 Å². The van der Waals surface area contributed by atoms with Crippen molar-refractivity contribution in [2.75, 3.05) is 19.7 Å². The number of rotatable bonds is 11. The predicted octanol–water partition coefficient (Wildman–Crippen LogP) is 4.39. The number of benzene rings is 1. The zero-order valence-electron chi connectivity index (χ0n) is 19.4. The molecule has 1 unspecified atom stereocenters. The molecular weight excluding hydrogens is 452 g/mol. The number of carbonyl (C=O) groups is 2. The van der Waals surface area contributed by atoms with Crippen LogP contribution in [0.3, 0.4) is 0 Å². The van der Waals surface area contributed by atoms with E-state index in [1.807, 2.05) is 53.6 Å². The minimum Gasteiger partial charge on any atom is -0.483 e. The molecule has 0 aliphatic carbocycles. The van der Waals surface area contributed by atoms with E-state index in [1.54, 1.807) is 11.3 Å². The summed E-state index contributed by atoms with van der Waals surface area (Å²) in [5.74, 6) is 1.71. The number of hydrogen-bond donors (Lipinski definition) is 1. The van der Waals surface area contributed by atoms with Crippen LogP contribution < -0.4 is 10.1 Å². The molecule has 1 aliphatic heterocycles. The molecule has 1 atom stereocenters. The molecule has 2 amide bonds. The van der Waals surface area contributed by atoms with Crippen molar-refractivity contribution in [2.45, 2.75) is 51.5 Å². The molecular formula is C25H30N4O4S. The Bertz CT molecular complexity index is 1080. The lowest BCUT2D eigenvalue weighted by Gasteiger charge is -2.21. The molecule has 3 aromatic rings. The van der Waals surface area contributed by atoms with Gasteiger partial charge in [0, 0.05) is 31.5 Å². The Morgan fingerprint density at radius 2 is 2.03 bits per heavy atom. The van der Waals surface area contributed by atoms with Crippen LogP contribution in [-0.2, 0) is 16.0 Å². The van der Waals surface area contributed by atoms with Crippen LogP contribution in [0.2, 0.25) is 0 Å². The van der Waals surface area contributed by atoms with Crippen LogP contribution in [0.4, 0.5) is 0 Å². The van der Waals surface area contributed by atoms with E-state index in [9.17, 15) is 9.59 Å². The van der Waals surface area contributed by atoms with Crippen molar-refractivity contribution in [3.8, 4) is 16.5 Å². The van der Waals surface area contributed by atoms with Crippen LogP contribution in [0.25, 0.3) is 10.7 Å². The number of aryl methyl sites for hydroxylation is 1. The summed E-state index contributed by atoms with van der Waals surface area (Å²) >= 11 is 1.56. The van der Waals surface area contributed by atoms with E-state index in [4.69, 9.17) is 9.26 Å². The molecule has 180 valence electrons. The topological polar surface area (TPSA) is 97.6 Å². The molecule has 3 heterocycles. The maximum Gasteiger partial charge on any atom is 0.260 e. The molecule has 2 aromatic heterocycles. The second-order valence-corrected chi connectivity index (χ2v) is 9.23. The quantitative estimate of drug-likeness (QED) is 0.435. The Kier molecular flexibility index (Phi) is 8.30. The first kappa shape index (κ1) is 23.9. The minimum atomic E-state index is -0.195. The SMILES string of the molecule is CCC(NC(=O)CCCc1nc(-c2cccs2)no1)c1ccccc1OCC(=O)N1CCCC1. The third-order valence-corrected chi connectivity index (χ3v) is 6.72. The smallest absolute Gasteiger partial charge is 0.260 e. The van der Waals surface area contributed by atoms with Crippen molar-refractivity contribution < 1.29 is 18.8 Å². The summed E-state index contributed by atoms with van der Waals surface area (Å²) in [6.07, 6.45) is 4.31. The number of para-hydroxylation sites is 1. The summed E-state index contributed by atoms with van der Waals surface area (Å²) in [5, 5.41) is 9.07. The molecule has 8 nitrogen and oxygen atoms in total. The van der Waals surface area contributed by atoms with E-state index in [0.29, 0.717) is 43.1 Å². The summed E-state index contributed by atoms with van der Waals surface area (Å²) in [4.78, 5) is 32.2.